The van der Waals surface area contributed by atoms with Crippen LogP contribution in [0.25, 0.3) is 22.2 Å². The number of para-hydroxylation sites is 3. The zero-order valence-electron chi connectivity index (χ0n) is 19.7. The van der Waals surface area contributed by atoms with Gasteiger partial charge in [-0.15, -0.1) is 0 Å². The number of benzene rings is 2. The molecule has 0 bridgehead atoms. The van der Waals surface area contributed by atoms with E-state index in [0.717, 1.165) is 24.8 Å². The first-order valence-corrected chi connectivity index (χ1v) is 11.9. The number of carbonyl (C=O) groups is 1. The summed E-state index contributed by atoms with van der Waals surface area (Å²) in [7, 11) is 1.61. The molecule has 5 rings (SSSR count). The molecule has 2 aromatic heterocycles. The topological polar surface area (TPSA) is 107 Å². The lowest BCUT2D eigenvalue weighted by Crippen LogP contribution is -2.25. The van der Waals surface area contributed by atoms with Gasteiger partial charge in [-0.3, -0.25) is 4.79 Å². The summed E-state index contributed by atoms with van der Waals surface area (Å²) in [5.74, 6) is 0.591. The van der Waals surface area contributed by atoms with Crippen LogP contribution in [-0.4, -0.2) is 40.4 Å². The Balaban J connectivity index is 1.53. The van der Waals surface area contributed by atoms with Gasteiger partial charge in [0, 0.05) is 12.1 Å². The maximum absolute atomic E-state index is 13.3. The third-order valence-corrected chi connectivity index (χ3v) is 6.27. The van der Waals surface area contributed by atoms with Crippen LogP contribution in [0.4, 0.5) is 5.82 Å². The fourth-order valence-electron chi connectivity index (χ4n) is 4.44. The predicted octanol–water partition coefficient (Wildman–Crippen LogP) is 4.68. The normalized spacial score (nSPS) is 13.9. The van der Waals surface area contributed by atoms with E-state index in [4.69, 9.17) is 20.4 Å². The average molecular weight is 469 g/mol. The van der Waals surface area contributed by atoms with Gasteiger partial charge in [0.15, 0.2) is 5.65 Å². The van der Waals surface area contributed by atoms with Gasteiger partial charge < -0.3 is 15.8 Å². The van der Waals surface area contributed by atoms with Gasteiger partial charge in [-0.25, -0.2) is 9.97 Å². The van der Waals surface area contributed by atoms with Crippen molar-refractivity contribution < 1.29 is 9.53 Å². The summed E-state index contributed by atoms with van der Waals surface area (Å²) in [6, 6.07) is 15.0. The van der Waals surface area contributed by atoms with Crippen LogP contribution in [0.2, 0.25) is 0 Å². The lowest BCUT2D eigenvalue weighted by Gasteiger charge is -2.13. The molecule has 4 aromatic rings. The highest BCUT2D eigenvalue weighted by Crippen LogP contribution is 2.28. The van der Waals surface area contributed by atoms with Gasteiger partial charge in [-0.2, -0.15) is 9.78 Å². The van der Waals surface area contributed by atoms with Gasteiger partial charge in [0.1, 0.15) is 22.6 Å². The summed E-state index contributed by atoms with van der Waals surface area (Å²) in [6.07, 6.45) is 9.46. The van der Waals surface area contributed by atoms with Crippen molar-refractivity contribution in [1.82, 2.24) is 20.0 Å². The van der Waals surface area contributed by atoms with E-state index in [1.807, 2.05) is 48.5 Å². The van der Waals surface area contributed by atoms with Crippen LogP contribution in [0.1, 0.15) is 48.0 Å². The van der Waals surface area contributed by atoms with Crippen molar-refractivity contribution in [1.29, 1.82) is 0 Å². The van der Waals surface area contributed by atoms with Gasteiger partial charge in [0.2, 0.25) is 0 Å². The maximum Gasteiger partial charge on any atom is 0.257 e. The summed E-state index contributed by atoms with van der Waals surface area (Å²) in [5.41, 5.74) is 11.2. The van der Waals surface area contributed by atoms with Crippen molar-refractivity contribution in [3.8, 4) is 5.75 Å². The average Bonchev–Trinajstić information content (AvgIpc) is 3.16. The third-order valence-electron chi connectivity index (χ3n) is 6.27. The highest BCUT2D eigenvalue weighted by molar-refractivity contribution is 6.10. The first-order chi connectivity index (χ1) is 17.2. The van der Waals surface area contributed by atoms with Crippen LogP contribution in [0.5, 0.6) is 5.75 Å². The molecule has 0 unspecified atom stereocenters. The quantitative estimate of drug-likeness (QED) is 0.303. The van der Waals surface area contributed by atoms with Crippen LogP contribution in [-0.2, 0) is 0 Å². The molecular weight excluding hydrogens is 440 g/mol. The lowest BCUT2D eigenvalue weighted by atomic mass is 9.97. The standard InChI is InChI=1S/C27H28N6O2/c1-35-22-14-8-5-11-19(22)17-30-33-25(28)23(27(34)29-16-15-18-9-3-2-4-10-18)24-26(33)32-21-13-7-6-12-20(21)31-24/h5-9,11-14,17H,2-4,10,15-16,28H2,1H3,(H,29,34). The zero-order chi connectivity index (χ0) is 24.2. The molecule has 1 amide bonds. The minimum atomic E-state index is -0.278. The smallest absolute Gasteiger partial charge is 0.257 e. The second-order valence-corrected chi connectivity index (χ2v) is 8.56. The molecule has 0 spiro atoms. The zero-order valence-corrected chi connectivity index (χ0v) is 19.7. The number of nitrogens with zero attached hydrogens (tertiary/aromatic N) is 4. The lowest BCUT2D eigenvalue weighted by molar-refractivity contribution is 0.0956. The van der Waals surface area contributed by atoms with Crippen molar-refractivity contribution in [2.75, 3.05) is 19.4 Å². The number of aromatic nitrogens is 3. The fraction of sp³-hybridized carbons (Fsp3) is 0.259. The van der Waals surface area contributed by atoms with Crippen molar-refractivity contribution in [3.63, 3.8) is 0 Å². The Hall–Kier alpha value is -4.20. The summed E-state index contributed by atoms with van der Waals surface area (Å²) in [4.78, 5) is 22.8. The summed E-state index contributed by atoms with van der Waals surface area (Å²) in [6.45, 7) is 0.544. The number of anilines is 1. The minimum absolute atomic E-state index is 0.191. The second kappa shape index (κ2) is 9.97. The van der Waals surface area contributed by atoms with Crippen molar-refractivity contribution in [2.24, 2.45) is 5.10 Å². The van der Waals surface area contributed by atoms with E-state index in [1.54, 1.807) is 13.3 Å². The number of allylic oxidation sites excluding steroid dienone is 1. The molecule has 2 aromatic carbocycles. The molecule has 8 nitrogen and oxygen atoms in total. The van der Waals surface area contributed by atoms with Crippen molar-refractivity contribution >= 4 is 40.1 Å². The number of ether oxygens (including phenoxy) is 1. The number of hydrogen-bond acceptors (Lipinski definition) is 6. The molecule has 0 atom stereocenters. The number of nitrogens with one attached hydrogen (secondary N) is 1. The summed E-state index contributed by atoms with van der Waals surface area (Å²) < 4.78 is 6.89. The van der Waals surface area contributed by atoms with E-state index in [9.17, 15) is 4.79 Å². The Labute approximate surface area is 203 Å². The highest BCUT2D eigenvalue weighted by atomic mass is 16.5. The molecule has 1 aliphatic carbocycles. The SMILES string of the molecule is COc1ccccc1C=Nn1c(N)c(C(=O)NCCC2=CCCCC2)c2nc3ccccc3nc21. The van der Waals surface area contributed by atoms with Crippen LogP contribution >= 0.6 is 0 Å². The molecule has 2 heterocycles. The number of hydrogen-bond donors (Lipinski definition) is 2. The number of nitrogen functional groups attached to an aromatic ring is 1. The fourth-order valence-corrected chi connectivity index (χ4v) is 4.44. The monoisotopic (exact) mass is 468 g/mol. The van der Waals surface area contributed by atoms with Crippen LogP contribution in [0.15, 0.2) is 65.3 Å². The number of carbonyl (C=O) groups excluding carboxylic acids is 1. The molecule has 0 fully saturated rings. The Bertz CT molecular complexity index is 1450. The molecule has 35 heavy (non-hydrogen) atoms. The van der Waals surface area contributed by atoms with E-state index in [2.05, 4.69) is 16.5 Å². The first kappa shape index (κ1) is 22.6. The minimum Gasteiger partial charge on any atom is -0.496 e. The first-order valence-electron chi connectivity index (χ1n) is 11.9. The van der Waals surface area contributed by atoms with Gasteiger partial charge in [-0.05, 0) is 56.4 Å². The third kappa shape index (κ3) is 4.59. The van der Waals surface area contributed by atoms with Gasteiger partial charge in [0.05, 0.1) is 24.4 Å². The summed E-state index contributed by atoms with van der Waals surface area (Å²) in [5, 5.41) is 7.59. The Morgan fingerprint density at radius 2 is 1.91 bits per heavy atom. The van der Waals surface area contributed by atoms with Crippen LogP contribution in [0.3, 0.4) is 0 Å². The summed E-state index contributed by atoms with van der Waals surface area (Å²) >= 11 is 0. The number of methoxy groups -OCH3 is 1. The molecule has 0 saturated heterocycles. The molecule has 1 aliphatic rings. The van der Waals surface area contributed by atoms with Crippen LogP contribution in [0, 0.1) is 0 Å². The van der Waals surface area contributed by atoms with Crippen molar-refractivity contribution in [2.45, 2.75) is 32.1 Å². The number of fused-ring (bicyclic) bond motifs is 2. The van der Waals surface area contributed by atoms with Crippen LogP contribution < -0.4 is 15.8 Å². The molecule has 0 aliphatic heterocycles. The molecule has 178 valence electrons. The molecule has 0 saturated carbocycles. The Kier molecular flexibility index (Phi) is 6.43. The number of nitrogens with two attached hydrogens (primary N) is 1. The van der Waals surface area contributed by atoms with Crippen molar-refractivity contribution in [3.05, 3.63) is 71.3 Å². The molecular formula is C27H28N6O2. The molecule has 3 N–H and O–H groups in total. The maximum atomic E-state index is 13.3. The van der Waals surface area contributed by atoms with Gasteiger partial charge >= 0.3 is 0 Å². The van der Waals surface area contributed by atoms with E-state index in [1.165, 1.54) is 23.1 Å². The van der Waals surface area contributed by atoms with E-state index < -0.39 is 0 Å². The molecule has 0 radical (unpaired) electrons. The predicted molar refractivity (Wildman–Crippen MR) is 139 cm³/mol. The van der Waals surface area contributed by atoms with E-state index in [0.29, 0.717) is 34.5 Å². The van der Waals surface area contributed by atoms with E-state index in [-0.39, 0.29) is 17.3 Å². The second-order valence-electron chi connectivity index (χ2n) is 8.56. The Morgan fingerprint density at radius 3 is 2.69 bits per heavy atom. The Morgan fingerprint density at radius 1 is 1.14 bits per heavy atom. The van der Waals surface area contributed by atoms with Gasteiger partial charge in [0.25, 0.3) is 5.91 Å². The largest absolute Gasteiger partial charge is 0.496 e. The highest BCUT2D eigenvalue weighted by Gasteiger charge is 2.24. The van der Waals surface area contributed by atoms with Gasteiger partial charge in [-0.1, -0.05) is 35.9 Å². The van der Waals surface area contributed by atoms with E-state index >= 15 is 0 Å². The number of rotatable bonds is 7. The number of amides is 1. The molecule has 8 heteroatoms.